The molecular weight excluding hydrogens is 581 g/mol. The first-order valence-corrected chi connectivity index (χ1v) is 16.9. The standard InChI is InChI=1S/C42H36N2OS/c1-26-14-22-38-40-32(26)10-6-12-34(40)36(43(38)3)24-16-28-8-5-9-29(42(28)46-31-20-18-30(45)19-21-31)17-25-37-35-13-7-11-33-27(2)15-23-39(41(33)35)44(37)4/h6-7,10-25H,5,8-9H2,1-4H3/p+1. The van der Waals surface area contributed by atoms with Crippen molar-refractivity contribution in [1.29, 1.82) is 0 Å². The molecule has 3 nitrogen and oxygen atoms in total. The summed E-state index contributed by atoms with van der Waals surface area (Å²) in [7, 11) is 4.36. The molecule has 4 heteroatoms. The van der Waals surface area contributed by atoms with Crippen LogP contribution in [0, 0.1) is 13.8 Å². The highest BCUT2D eigenvalue weighted by molar-refractivity contribution is 8.03. The van der Waals surface area contributed by atoms with Crippen LogP contribution in [0.2, 0.25) is 0 Å². The maximum absolute atomic E-state index is 9.97. The molecular formula is C42H37N2OS+. The number of nitrogens with zero attached hydrogens (tertiary/aromatic N) is 2. The quantitative estimate of drug-likeness (QED) is 0.195. The van der Waals surface area contributed by atoms with Gasteiger partial charge < -0.3 is 9.67 Å². The van der Waals surface area contributed by atoms with E-state index >= 15 is 0 Å². The lowest BCUT2D eigenvalue weighted by atomic mass is 9.93. The molecule has 46 heavy (non-hydrogen) atoms. The fraction of sp³-hybridized carbons (Fsp3) is 0.167. The number of hydrogen-bond donors (Lipinski definition) is 1. The predicted molar refractivity (Wildman–Crippen MR) is 196 cm³/mol. The van der Waals surface area contributed by atoms with Gasteiger partial charge in [-0.05, 0) is 109 Å². The summed E-state index contributed by atoms with van der Waals surface area (Å²) >= 11 is 1.81. The monoisotopic (exact) mass is 617 g/mol. The minimum absolute atomic E-state index is 0.292. The number of hydrogen-bond acceptors (Lipinski definition) is 2. The van der Waals surface area contributed by atoms with Crippen molar-refractivity contribution in [1.82, 2.24) is 4.57 Å². The Kier molecular flexibility index (Phi) is 6.99. The highest BCUT2D eigenvalue weighted by Gasteiger charge is 2.28. The Morgan fingerprint density at radius 1 is 0.761 bits per heavy atom. The van der Waals surface area contributed by atoms with Crippen LogP contribution in [-0.2, 0) is 7.05 Å². The molecule has 0 amide bonds. The minimum Gasteiger partial charge on any atom is -0.508 e. The summed E-state index contributed by atoms with van der Waals surface area (Å²) in [5.41, 5.74) is 10.4. The highest BCUT2D eigenvalue weighted by atomic mass is 32.2. The zero-order valence-corrected chi connectivity index (χ0v) is 27.6. The van der Waals surface area contributed by atoms with E-state index in [0.29, 0.717) is 5.75 Å². The fourth-order valence-electron chi connectivity index (χ4n) is 7.42. The maximum atomic E-state index is 9.97. The maximum Gasteiger partial charge on any atom is 0.214 e. The predicted octanol–water partition coefficient (Wildman–Crippen LogP) is 9.80. The molecule has 2 aliphatic rings. The van der Waals surface area contributed by atoms with Crippen molar-refractivity contribution in [2.75, 3.05) is 7.05 Å². The van der Waals surface area contributed by atoms with Crippen molar-refractivity contribution in [2.24, 2.45) is 7.05 Å². The van der Waals surface area contributed by atoms with Gasteiger partial charge in [-0.2, -0.15) is 4.58 Å². The molecule has 6 aromatic rings. The Morgan fingerprint density at radius 2 is 1.48 bits per heavy atom. The highest BCUT2D eigenvalue weighted by Crippen LogP contribution is 2.42. The van der Waals surface area contributed by atoms with Crippen LogP contribution in [0.15, 0.2) is 124 Å². The van der Waals surface area contributed by atoms with E-state index in [1.54, 1.807) is 23.9 Å². The second kappa shape index (κ2) is 11.2. The van der Waals surface area contributed by atoms with Gasteiger partial charge in [-0.15, -0.1) is 0 Å². The second-order valence-corrected chi connectivity index (χ2v) is 13.7. The number of phenolic OH excluding ortho intramolecular Hbond substituents is 1. The normalized spacial score (nSPS) is 16.5. The SMILES string of the molecule is Cc1ccc2c3c(cccc13)C(C=CC1=C(Sc3ccc(O)cc3)C(=CC=c3c4cccc5c(C)ccc(c54)n3C)CCC1)=[N+]2C. The Balaban J connectivity index is 1.26. The lowest BCUT2D eigenvalue weighted by Crippen LogP contribution is -2.12. The van der Waals surface area contributed by atoms with E-state index in [-0.39, 0.29) is 0 Å². The third-order valence-corrected chi connectivity index (χ3v) is 11.1. The van der Waals surface area contributed by atoms with Crippen LogP contribution in [0.4, 0.5) is 5.69 Å². The van der Waals surface area contributed by atoms with Crippen molar-refractivity contribution >= 4 is 61.7 Å². The zero-order chi connectivity index (χ0) is 31.5. The van der Waals surface area contributed by atoms with Gasteiger partial charge in [-0.1, -0.05) is 66.4 Å². The first kappa shape index (κ1) is 28.7. The molecule has 1 N–H and O–H groups in total. The summed E-state index contributed by atoms with van der Waals surface area (Å²) in [4.78, 5) is 2.44. The number of benzene rings is 5. The number of allylic oxidation sites excluding steroid dienone is 5. The Morgan fingerprint density at radius 3 is 2.28 bits per heavy atom. The molecule has 5 aromatic carbocycles. The topological polar surface area (TPSA) is 28.2 Å². The van der Waals surface area contributed by atoms with Crippen molar-refractivity contribution in [3.8, 4) is 5.75 Å². The van der Waals surface area contributed by atoms with E-state index in [2.05, 4.69) is 122 Å². The van der Waals surface area contributed by atoms with Gasteiger partial charge in [0.05, 0.1) is 10.9 Å². The molecule has 0 bridgehead atoms. The van der Waals surface area contributed by atoms with E-state index in [1.165, 1.54) is 81.9 Å². The molecule has 1 aliphatic heterocycles. The summed E-state index contributed by atoms with van der Waals surface area (Å²) in [5, 5.41) is 17.9. The molecule has 8 rings (SSSR count). The molecule has 0 saturated heterocycles. The van der Waals surface area contributed by atoms with Gasteiger partial charge in [-0.25, -0.2) is 0 Å². The fourth-order valence-corrected chi connectivity index (χ4v) is 8.53. The van der Waals surface area contributed by atoms with Gasteiger partial charge >= 0.3 is 0 Å². The van der Waals surface area contributed by atoms with Crippen LogP contribution in [0.3, 0.4) is 0 Å². The number of thioether (sulfide) groups is 1. The summed E-state index contributed by atoms with van der Waals surface area (Å²) in [6.45, 7) is 4.39. The molecule has 1 aliphatic carbocycles. The molecule has 0 radical (unpaired) electrons. The smallest absolute Gasteiger partial charge is 0.214 e. The largest absolute Gasteiger partial charge is 0.508 e. The van der Waals surface area contributed by atoms with E-state index in [4.69, 9.17) is 0 Å². The van der Waals surface area contributed by atoms with E-state index in [0.717, 1.165) is 24.2 Å². The molecule has 0 atom stereocenters. The average Bonchev–Trinajstić information content (AvgIpc) is 3.50. The summed E-state index contributed by atoms with van der Waals surface area (Å²) in [6, 6.07) is 29.9. The molecule has 226 valence electrons. The third kappa shape index (κ3) is 4.63. The lowest BCUT2D eigenvalue weighted by Gasteiger charge is -2.21. The number of phenols is 1. The number of aryl methyl sites for hydroxylation is 3. The van der Waals surface area contributed by atoms with E-state index < -0.39 is 0 Å². The molecule has 0 spiro atoms. The summed E-state index contributed by atoms with van der Waals surface area (Å²) < 4.78 is 4.67. The number of aromatic hydroxyl groups is 1. The molecule has 1 aromatic heterocycles. The molecule has 0 unspecified atom stereocenters. The van der Waals surface area contributed by atoms with Crippen LogP contribution >= 0.6 is 11.8 Å². The minimum atomic E-state index is 0.292. The average molecular weight is 618 g/mol. The summed E-state index contributed by atoms with van der Waals surface area (Å²) in [5.74, 6) is 0.292. The van der Waals surface area contributed by atoms with Crippen molar-refractivity contribution in [2.45, 2.75) is 38.0 Å². The van der Waals surface area contributed by atoms with Gasteiger partial charge in [0, 0.05) is 50.6 Å². The molecule has 2 heterocycles. The van der Waals surface area contributed by atoms with Gasteiger partial charge in [-0.3, -0.25) is 0 Å². The molecule has 0 saturated carbocycles. The van der Waals surface area contributed by atoms with E-state index in [9.17, 15) is 5.11 Å². The van der Waals surface area contributed by atoms with Crippen molar-refractivity contribution < 1.29 is 9.68 Å². The van der Waals surface area contributed by atoms with Crippen LogP contribution < -0.4 is 5.35 Å². The zero-order valence-electron chi connectivity index (χ0n) is 26.8. The number of rotatable bonds is 5. The Labute approximate surface area is 274 Å². The molecule has 0 fully saturated rings. The van der Waals surface area contributed by atoms with E-state index in [1.807, 2.05) is 12.1 Å². The van der Waals surface area contributed by atoms with Crippen molar-refractivity contribution in [3.05, 3.63) is 141 Å². The number of aromatic nitrogens is 1. The van der Waals surface area contributed by atoms with Gasteiger partial charge in [0.2, 0.25) is 11.4 Å². The van der Waals surface area contributed by atoms with Gasteiger partial charge in [0.1, 0.15) is 12.8 Å². The van der Waals surface area contributed by atoms with Crippen LogP contribution in [0.25, 0.3) is 38.5 Å². The van der Waals surface area contributed by atoms with Gasteiger partial charge in [0.25, 0.3) is 0 Å². The van der Waals surface area contributed by atoms with Crippen molar-refractivity contribution in [3.63, 3.8) is 0 Å². The third-order valence-electron chi connectivity index (χ3n) is 9.89. The Hall–Kier alpha value is -4.80. The lowest BCUT2D eigenvalue weighted by molar-refractivity contribution is -0.399. The Bertz CT molecular complexity index is 2400. The van der Waals surface area contributed by atoms with Crippen LogP contribution in [0.5, 0.6) is 5.75 Å². The van der Waals surface area contributed by atoms with Gasteiger partial charge in [0.15, 0.2) is 0 Å². The van der Waals surface area contributed by atoms with Crippen LogP contribution in [-0.4, -0.2) is 27.0 Å². The first-order valence-electron chi connectivity index (χ1n) is 16.1. The van der Waals surface area contributed by atoms with Crippen LogP contribution in [0.1, 0.15) is 36.0 Å². The summed E-state index contributed by atoms with van der Waals surface area (Å²) in [6.07, 6.45) is 12.5. The first-order chi connectivity index (χ1) is 22.4. The second-order valence-electron chi connectivity index (χ2n) is 12.6.